The first kappa shape index (κ1) is 13.4. The predicted molar refractivity (Wildman–Crippen MR) is 76.9 cm³/mol. The molecule has 1 atom stereocenters. The summed E-state index contributed by atoms with van der Waals surface area (Å²) in [6.07, 6.45) is 2.55. The molecule has 3 aliphatic heterocycles. The number of aromatic nitrogens is 1. The number of esters is 1. The first-order valence-electron chi connectivity index (χ1n) is 7.22. The number of nitrogens with one attached hydrogen (secondary N) is 1. The lowest BCUT2D eigenvalue weighted by molar-refractivity contribution is 0.0599. The minimum absolute atomic E-state index is 0.329. The van der Waals surface area contributed by atoms with Gasteiger partial charge in [0.25, 0.3) is 0 Å². The lowest BCUT2D eigenvalue weighted by atomic mass is 9.84. The highest BCUT2D eigenvalue weighted by Crippen LogP contribution is 2.29. The largest absolute Gasteiger partial charge is 0.465 e. The van der Waals surface area contributed by atoms with Crippen molar-refractivity contribution in [3.63, 3.8) is 0 Å². The van der Waals surface area contributed by atoms with Gasteiger partial charge in [0.2, 0.25) is 0 Å². The molecule has 1 N–H and O–H groups in total. The summed E-state index contributed by atoms with van der Waals surface area (Å²) >= 11 is 0. The standard InChI is InChI=1S/C15H21N3O2/c1-10-12(15(19)20-2)3-4-14(16-10)17-13-9-18-7-5-11(13)6-8-18/h3-4,11,13H,5-9H2,1-2H3,(H,16,17). The van der Waals surface area contributed by atoms with E-state index in [2.05, 4.69) is 15.2 Å². The summed E-state index contributed by atoms with van der Waals surface area (Å²) in [6, 6.07) is 4.14. The number of hydrogen-bond donors (Lipinski definition) is 1. The van der Waals surface area contributed by atoms with Crippen molar-refractivity contribution in [3.05, 3.63) is 23.4 Å². The van der Waals surface area contributed by atoms with Crippen molar-refractivity contribution < 1.29 is 9.53 Å². The van der Waals surface area contributed by atoms with Crippen molar-refractivity contribution in [2.75, 3.05) is 32.1 Å². The van der Waals surface area contributed by atoms with Crippen molar-refractivity contribution in [2.24, 2.45) is 5.92 Å². The quantitative estimate of drug-likeness (QED) is 0.851. The third kappa shape index (κ3) is 2.50. The smallest absolute Gasteiger partial charge is 0.339 e. The second kappa shape index (κ2) is 5.40. The summed E-state index contributed by atoms with van der Waals surface area (Å²) in [6.45, 7) is 5.41. The van der Waals surface area contributed by atoms with E-state index >= 15 is 0 Å². The summed E-state index contributed by atoms with van der Waals surface area (Å²) in [5.41, 5.74) is 1.25. The third-order valence-corrected chi connectivity index (χ3v) is 4.48. The topological polar surface area (TPSA) is 54.5 Å². The van der Waals surface area contributed by atoms with E-state index in [0.29, 0.717) is 17.3 Å². The maximum absolute atomic E-state index is 11.6. The Morgan fingerprint density at radius 1 is 1.40 bits per heavy atom. The third-order valence-electron chi connectivity index (χ3n) is 4.48. The molecule has 4 heterocycles. The monoisotopic (exact) mass is 275 g/mol. The Bertz CT molecular complexity index is 510. The molecule has 5 nitrogen and oxygen atoms in total. The molecule has 0 amide bonds. The van der Waals surface area contributed by atoms with Gasteiger partial charge >= 0.3 is 5.97 Å². The minimum atomic E-state index is -0.329. The van der Waals surface area contributed by atoms with Crippen LogP contribution in [0, 0.1) is 12.8 Å². The average Bonchev–Trinajstić information content (AvgIpc) is 2.48. The van der Waals surface area contributed by atoms with Crippen LogP contribution in [-0.2, 0) is 4.74 Å². The molecule has 2 bridgehead atoms. The van der Waals surface area contributed by atoms with Gasteiger partial charge in [0.15, 0.2) is 0 Å². The number of ether oxygens (including phenoxy) is 1. The van der Waals surface area contributed by atoms with E-state index in [1.54, 1.807) is 6.07 Å². The highest BCUT2D eigenvalue weighted by molar-refractivity contribution is 5.90. The van der Waals surface area contributed by atoms with Crippen LogP contribution in [0.5, 0.6) is 0 Å². The van der Waals surface area contributed by atoms with Crippen LogP contribution in [0.2, 0.25) is 0 Å². The Morgan fingerprint density at radius 2 is 2.15 bits per heavy atom. The summed E-state index contributed by atoms with van der Waals surface area (Å²) < 4.78 is 4.74. The first-order valence-corrected chi connectivity index (χ1v) is 7.22. The highest BCUT2D eigenvalue weighted by atomic mass is 16.5. The van der Waals surface area contributed by atoms with Crippen LogP contribution in [0.15, 0.2) is 12.1 Å². The molecule has 4 rings (SSSR count). The number of hydrogen-bond acceptors (Lipinski definition) is 5. The van der Waals surface area contributed by atoms with E-state index in [9.17, 15) is 4.79 Å². The zero-order valence-corrected chi connectivity index (χ0v) is 12.1. The number of nitrogens with zero attached hydrogens (tertiary/aromatic N) is 2. The van der Waals surface area contributed by atoms with E-state index in [4.69, 9.17) is 4.74 Å². The normalized spacial score (nSPS) is 28.2. The summed E-state index contributed by atoms with van der Waals surface area (Å²) in [5.74, 6) is 1.28. The molecule has 0 radical (unpaired) electrons. The SMILES string of the molecule is COC(=O)c1ccc(NC2CN3CCC2CC3)nc1C. The molecule has 0 aliphatic carbocycles. The molecule has 20 heavy (non-hydrogen) atoms. The molecule has 0 aromatic carbocycles. The number of carbonyl (C=O) groups excluding carboxylic acids is 1. The second-order valence-corrected chi connectivity index (χ2v) is 5.71. The van der Waals surface area contributed by atoms with Gasteiger partial charge in [-0.2, -0.15) is 0 Å². The van der Waals surface area contributed by atoms with Gasteiger partial charge in [-0.15, -0.1) is 0 Å². The van der Waals surface area contributed by atoms with Crippen molar-refractivity contribution in [1.29, 1.82) is 0 Å². The highest BCUT2D eigenvalue weighted by Gasteiger charge is 2.34. The molecule has 1 aromatic rings. The number of carbonyl (C=O) groups is 1. The van der Waals surface area contributed by atoms with Gasteiger partial charge in [-0.05, 0) is 50.9 Å². The van der Waals surface area contributed by atoms with Gasteiger partial charge in [0.05, 0.1) is 18.4 Å². The minimum Gasteiger partial charge on any atom is -0.465 e. The van der Waals surface area contributed by atoms with Crippen molar-refractivity contribution in [1.82, 2.24) is 9.88 Å². The van der Waals surface area contributed by atoms with Gasteiger partial charge in [0.1, 0.15) is 5.82 Å². The van der Waals surface area contributed by atoms with Crippen LogP contribution in [0.3, 0.4) is 0 Å². The number of fused-ring (bicyclic) bond motifs is 3. The van der Waals surface area contributed by atoms with Gasteiger partial charge in [-0.1, -0.05) is 0 Å². The molecule has 3 aliphatic rings. The van der Waals surface area contributed by atoms with Crippen molar-refractivity contribution >= 4 is 11.8 Å². The lowest BCUT2D eigenvalue weighted by Crippen LogP contribution is -2.53. The Hall–Kier alpha value is -1.62. The Morgan fingerprint density at radius 3 is 2.70 bits per heavy atom. The van der Waals surface area contributed by atoms with Gasteiger partial charge < -0.3 is 15.0 Å². The summed E-state index contributed by atoms with van der Waals surface area (Å²) in [4.78, 5) is 18.5. The molecule has 0 saturated carbocycles. The van der Waals surface area contributed by atoms with Crippen LogP contribution in [0.1, 0.15) is 28.9 Å². The van der Waals surface area contributed by atoms with E-state index in [-0.39, 0.29) is 5.97 Å². The number of rotatable bonds is 3. The van der Waals surface area contributed by atoms with E-state index < -0.39 is 0 Å². The fourth-order valence-electron chi connectivity index (χ4n) is 3.29. The molecule has 1 aromatic heterocycles. The molecule has 3 saturated heterocycles. The molecule has 108 valence electrons. The van der Waals surface area contributed by atoms with Crippen LogP contribution in [0.4, 0.5) is 5.82 Å². The van der Waals surface area contributed by atoms with Crippen LogP contribution in [0.25, 0.3) is 0 Å². The number of aryl methyl sites for hydroxylation is 1. The van der Waals surface area contributed by atoms with Crippen molar-refractivity contribution in [3.8, 4) is 0 Å². The van der Waals surface area contributed by atoms with E-state index in [1.807, 2.05) is 13.0 Å². The molecular weight excluding hydrogens is 254 g/mol. The maximum atomic E-state index is 11.6. The Kier molecular flexibility index (Phi) is 3.61. The maximum Gasteiger partial charge on any atom is 0.339 e. The lowest BCUT2D eigenvalue weighted by Gasteiger charge is -2.45. The molecule has 5 heteroatoms. The van der Waals surface area contributed by atoms with E-state index in [0.717, 1.165) is 18.3 Å². The second-order valence-electron chi connectivity index (χ2n) is 5.71. The average molecular weight is 275 g/mol. The molecule has 3 fully saturated rings. The molecule has 0 spiro atoms. The summed E-state index contributed by atoms with van der Waals surface area (Å²) in [7, 11) is 1.39. The van der Waals surface area contributed by atoms with Crippen LogP contribution >= 0.6 is 0 Å². The zero-order valence-electron chi connectivity index (χ0n) is 12.1. The Balaban J connectivity index is 1.72. The fourth-order valence-corrected chi connectivity index (χ4v) is 3.29. The number of pyridine rings is 1. The number of piperidine rings is 3. The van der Waals surface area contributed by atoms with Crippen LogP contribution in [-0.4, -0.2) is 48.6 Å². The first-order chi connectivity index (χ1) is 9.67. The molecule has 1 unspecified atom stereocenters. The van der Waals surface area contributed by atoms with Gasteiger partial charge in [-0.3, -0.25) is 0 Å². The van der Waals surface area contributed by atoms with Crippen molar-refractivity contribution in [2.45, 2.75) is 25.8 Å². The van der Waals surface area contributed by atoms with Crippen LogP contribution < -0.4 is 5.32 Å². The zero-order chi connectivity index (χ0) is 14.1. The number of anilines is 1. The van der Waals surface area contributed by atoms with Gasteiger partial charge in [0, 0.05) is 12.6 Å². The number of methoxy groups -OCH3 is 1. The predicted octanol–water partition coefficient (Wildman–Crippen LogP) is 1.68. The fraction of sp³-hybridized carbons (Fsp3) is 0.600. The summed E-state index contributed by atoms with van der Waals surface area (Å²) in [5, 5.41) is 3.53. The molecular formula is C15H21N3O2. The van der Waals surface area contributed by atoms with E-state index in [1.165, 1.54) is 33.0 Å². The Labute approximate surface area is 119 Å². The van der Waals surface area contributed by atoms with Gasteiger partial charge in [-0.25, -0.2) is 9.78 Å².